The van der Waals surface area contributed by atoms with Crippen molar-refractivity contribution in [1.82, 2.24) is 20.5 Å². The average molecular weight is 356 g/mol. The Morgan fingerprint density at radius 3 is 2.63 bits per heavy atom. The SMILES string of the molecule is Cc1ccccc1C(=O)N[C@H](C)c1cc(-c2ccn[nH]2)nc2ccccc12. The Bertz CT molecular complexity index is 1100. The number of pyridine rings is 1. The van der Waals surface area contributed by atoms with Crippen LogP contribution in [-0.2, 0) is 0 Å². The number of hydrogen-bond acceptors (Lipinski definition) is 3. The van der Waals surface area contributed by atoms with Gasteiger partial charge in [0.1, 0.15) is 0 Å². The normalized spacial score (nSPS) is 12.1. The van der Waals surface area contributed by atoms with Gasteiger partial charge in [-0.15, -0.1) is 0 Å². The lowest BCUT2D eigenvalue weighted by molar-refractivity contribution is 0.0939. The van der Waals surface area contributed by atoms with E-state index in [9.17, 15) is 4.79 Å². The molecule has 2 aromatic carbocycles. The molecule has 2 N–H and O–H groups in total. The fourth-order valence-corrected chi connectivity index (χ4v) is 3.28. The highest BCUT2D eigenvalue weighted by molar-refractivity contribution is 5.96. The van der Waals surface area contributed by atoms with Crippen LogP contribution in [0.15, 0.2) is 66.9 Å². The number of aromatic nitrogens is 3. The van der Waals surface area contributed by atoms with Crippen molar-refractivity contribution in [2.45, 2.75) is 19.9 Å². The Labute approximate surface area is 157 Å². The number of aromatic amines is 1. The maximum Gasteiger partial charge on any atom is 0.252 e. The molecule has 2 aromatic heterocycles. The summed E-state index contributed by atoms with van der Waals surface area (Å²) >= 11 is 0. The zero-order chi connectivity index (χ0) is 18.8. The van der Waals surface area contributed by atoms with Gasteiger partial charge >= 0.3 is 0 Å². The fourth-order valence-electron chi connectivity index (χ4n) is 3.28. The van der Waals surface area contributed by atoms with Crippen molar-refractivity contribution >= 4 is 16.8 Å². The molecule has 4 aromatic rings. The van der Waals surface area contributed by atoms with Crippen LogP contribution in [0.25, 0.3) is 22.3 Å². The first-order chi connectivity index (χ1) is 13.1. The minimum absolute atomic E-state index is 0.0791. The minimum atomic E-state index is -0.174. The van der Waals surface area contributed by atoms with Crippen LogP contribution in [0.4, 0.5) is 0 Å². The summed E-state index contributed by atoms with van der Waals surface area (Å²) in [5, 5.41) is 11.1. The molecule has 1 amide bonds. The highest BCUT2D eigenvalue weighted by Gasteiger charge is 2.17. The van der Waals surface area contributed by atoms with Gasteiger partial charge in [-0.1, -0.05) is 36.4 Å². The summed E-state index contributed by atoms with van der Waals surface area (Å²) in [6.45, 7) is 3.94. The number of hydrogen-bond donors (Lipinski definition) is 2. The van der Waals surface area contributed by atoms with Crippen molar-refractivity contribution in [2.24, 2.45) is 0 Å². The van der Waals surface area contributed by atoms with Crippen molar-refractivity contribution in [2.75, 3.05) is 0 Å². The number of rotatable bonds is 4. The second-order valence-electron chi connectivity index (χ2n) is 6.59. The molecule has 0 radical (unpaired) electrons. The Kier molecular flexibility index (Phi) is 4.42. The predicted octanol–water partition coefficient (Wildman–Crippen LogP) is 4.42. The third-order valence-electron chi connectivity index (χ3n) is 4.73. The Morgan fingerprint density at radius 2 is 1.85 bits per heavy atom. The molecule has 4 rings (SSSR count). The molecule has 0 saturated carbocycles. The van der Waals surface area contributed by atoms with Gasteiger partial charge in [0.2, 0.25) is 0 Å². The number of aryl methyl sites for hydroxylation is 1. The maximum absolute atomic E-state index is 12.8. The van der Waals surface area contributed by atoms with Crippen LogP contribution in [-0.4, -0.2) is 21.1 Å². The zero-order valence-electron chi connectivity index (χ0n) is 15.2. The molecule has 134 valence electrons. The Hall–Kier alpha value is -3.47. The van der Waals surface area contributed by atoms with Crippen molar-refractivity contribution in [1.29, 1.82) is 0 Å². The van der Waals surface area contributed by atoms with E-state index >= 15 is 0 Å². The average Bonchev–Trinajstić information content (AvgIpc) is 3.22. The van der Waals surface area contributed by atoms with Crippen molar-refractivity contribution in [3.05, 3.63) is 83.6 Å². The number of nitrogens with one attached hydrogen (secondary N) is 2. The third-order valence-corrected chi connectivity index (χ3v) is 4.73. The van der Waals surface area contributed by atoms with Gasteiger partial charge in [0, 0.05) is 17.1 Å². The second-order valence-corrected chi connectivity index (χ2v) is 6.59. The molecule has 0 bridgehead atoms. The fraction of sp³-hybridized carbons (Fsp3) is 0.136. The molecule has 27 heavy (non-hydrogen) atoms. The molecule has 1 atom stereocenters. The number of H-pyrrole nitrogens is 1. The maximum atomic E-state index is 12.8. The van der Waals surface area contributed by atoms with Crippen molar-refractivity contribution in [3.8, 4) is 11.4 Å². The molecule has 5 nitrogen and oxygen atoms in total. The van der Waals surface area contributed by atoms with E-state index in [0.29, 0.717) is 5.56 Å². The van der Waals surface area contributed by atoms with E-state index in [1.54, 1.807) is 6.20 Å². The summed E-state index contributed by atoms with van der Waals surface area (Å²) in [6.07, 6.45) is 1.70. The lowest BCUT2D eigenvalue weighted by atomic mass is 10.00. The summed E-state index contributed by atoms with van der Waals surface area (Å²) in [5.74, 6) is -0.0791. The summed E-state index contributed by atoms with van der Waals surface area (Å²) in [5.41, 5.74) is 5.21. The Balaban J connectivity index is 1.73. The van der Waals surface area contributed by atoms with Gasteiger partial charge < -0.3 is 5.32 Å². The van der Waals surface area contributed by atoms with Crippen LogP contribution >= 0.6 is 0 Å². The zero-order valence-corrected chi connectivity index (χ0v) is 15.2. The van der Waals surface area contributed by atoms with Gasteiger partial charge in [0.15, 0.2) is 0 Å². The first kappa shape index (κ1) is 17.0. The summed E-state index contributed by atoms with van der Waals surface area (Å²) in [6, 6.07) is 19.3. The number of para-hydroxylation sites is 1. The molecule has 0 aliphatic heterocycles. The quantitative estimate of drug-likeness (QED) is 0.568. The summed E-state index contributed by atoms with van der Waals surface area (Å²) < 4.78 is 0. The number of amides is 1. The van der Waals surface area contributed by atoms with E-state index in [-0.39, 0.29) is 11.9 Å². The first-order valence-electron chi connectivity index (χ1n) is 8.89. The molecular formula is C22H20N4O. The van der Waals surface area contributed by atoms with Crippen molar-refractivity contribution < 1.29 is 4.79 Å². The van der Waals surface area contributed by atoms with Crippen LogP contribution in [0.5, 0.6) is 0 Å². The topological polar surface area (TPSA) is 70.7 Å². The molecule has 0 aliphatic carbocycles. The lowest BCUT2D eigenvalue weighted by Gasteiger charge is -2.18. The van der Waals surface area contributed by atoms with Gasteiger partial charge in [0.25, 0.3) is 5.91 Å². The van der Waals surface area contributed by atoms with Crippen LogP contribution in [0, 0.1) is 6.92 Å². The van der Waals surface area contributed by atoms with E-state index in [1.165, 1.54) is 0 Å². The predicted molar refractivity (Wildman–Crippen MR) is 106 cm³/mol. The molecule has 2 heterocycles. The lowest BCUT2D eigenvalue weighted by Crippen LogP contribution is -2.27. The van der Waals surface area contributed by atoms with Gasteiger partial charge in [0.05, 0.1) is 22.9 Å². The van der Waals surface area contributed by atoms with Gasteiger partial charge in [-0.3, -0.25) is 9.89 Å². The molecular weight excluding hydrogens is 336 g/mol. The van der Waals surface area contributed by atoms with Crippen LogP contribution < -0.4 is 5.32 Å². The van der Waals surface area contributed by atoms with E-state index in [4.69, 9.17) is 4.98 Å². The molecule has 0 saturated heterocycles. The van der Waals surface area contributed by atoms with Gasteiger partial charge in [-0.2, -0.15) is 5.10 Å². The summed E-state index contributed by atoms with van der Waals surface area (Å²) in [7, 11) is 0. The molecule has 0 aliphatic rings. The smallest absolute Gasteiger partial charge is 0.252 e. The molecule has 5 heteroatoms. The number of fused-ring (bicyclic) bond motifs is 1. The number of carbonyl (C=O) groups excluding carboxylic acids is 1. The van der Waals surface area contributed by atoms with Crippen molar-refractivity contribution in [3.63, 3.8) is 0 Å². The number of carbonyl (C=O) groups is 1. The van der Waals surface area contributed by atoms with Crippen LogP contribution in [0.2, 0.25) is 0 Å². The van der Waals surface area contributed by atoms with Crippen LogP contribution in [0.3, 0.4) is 0 Å². The summed E-state index contributed by atoms with van der Waals surface area (Å²) in [4.78, 5) is 17.5. The van der Waals surface area contributed by atoms with E-state index in [2.05, 4.69) is 15.5 Å². The Morgan fingerprint density at radius 1 is 1.07 bits per heavy atom. The van der Waals surface area contributed by atoms with Gasteiger partial charge in [-0.05, 0) is 49.2 Å². The number of benzene rings is 2. The third kappa shape index (κ3) is 3.31. The number of nitrogens with zero attached hydrogens (tertiary/aromatic N) is 2. The van der Waals surface area contributed by atoms with E-state index in [0.717, 1.165) is 33.4 Å². The van der Waals surface area contributed by atoms with E-state index in [1.807, 2.05) is 74.5 Å². The molecule has 0 spiro atoms. The van der Waals surface area contributed by atoms with Gasteiger partial charge in [-0.25, -0.2) is 4.98 Å². The first-order valence-corrected chi connectivity index (χ1v) is 8.89. The highest BCUT2D eigenvalue weighted by atomic mass is 16.1. The minimum Gasteiger partial charge on any atom is -0.345 e. The standard InChI is InChI=1S/C22H20N4O/c1-14-7-3-4-8-16(14)22(27)24-15(2)18-13-21(20-11-12-23-26-20)25-19-10-6-5-9-17(18)19/h3-13,15H,1-2H3,(H,23,26)(H,24,27)/t15-/m1/s1. The molecule has 0 fully saturated rings. The largest absolute Gasteiger partial charge is 0.345 e. The highest BCUT2D eigenvalue weighted by Crippen LogP contribution is 2.28. The monoisotopic (exact) mass is 356 g/mol. The molecule has 0 unspecified atom stereocenters. The second kappa shape index (κ2) is 7.03. The van der Waals surface area contributed by atoms with Crippen LogP contribution in [0.1, 0.15) is 34.5 Å². The van der Waals surface area contributed by atoms with E-state index < -0.39 is 0 Å².